The van der Waals surface area contributed by atoms with E-state index in [1.165, 1.54) is 0 Å². The summed E-state index contributed by atoms with van der Waals surface area (Å²) in [5.41, 5.74) is 0.259. The Kier molecular flexibility index (Phi) is 9.87. The van der Waals surface area contributed by atoms with Gasteiger partial charge < -0.3 is 19.3 Å². The molecule has 1 atom stereocenters. The fraction of sp³-hybridized carbons (Fsp3) is 0.606. The summed E-state index contributed by atoms with van der Waals surface area (Å²) >= 11 is 0. The molecule has 0 fully saturated rings. The van der Waals surface area contributed by atoms with Gasteiger partial charge in [-0.25, -0.2) is 0 Å². The molecule has 0 saturated carbocycles. The van der Waals surface area contributed by atoms with Crippen molar-refractivity contribution < 1.29 is 19.3 Å². The van der Waals surface area contributed by atoms with Crippen LogP contribution in [0.1, 0.15) is 94.6 Å². The summed E-state index contributed by atoms with van der Waals surface area (Å²) in [5, 5.41) is 19.9. The van der Waals surface area contributed by atoms with Gasteiger partial charge in [0.25, 0.3) is 0 Å². The molecule has 0 aliphatic heterocycles. The molecule has 0 spiro atoms. The van der Waals surface area contributed by atoms with Gasteiger partial charge in [0.2, 0.25) is 0 Å². The van der Waals surface area contributed by atoms with Crippen molar-refractivity contribution in [3.63, 3.8) is 0 Å². The second-order valence-electron chi connectivity index (χ2n) is 13.9. The molecule has 1 unspecified atom stereocenters. The van der Waals surface area contributed by atoms with Gasteiger partial charge in [0, 0.05) is 12.3 Å². The molecule has 0 aromatic heterocycles. The second-order valence-corrected chi connectivity index (χ2v) is 13.9. The molecular formula is C33H49NO4. The fourth-order valence-electron chi connectivity index (χ4n) is 5.19. The van der Waals surface area contributed by atoms with Gasteiger partial charge in [0.05, 0.1) is 40.6 Å². The molecule has 0 aliphatic carbocycles. The number of benzene rings is 2. The lowest BCUT2D eigenvalue weighted by Crippen LogP contribution is -2.45. The van der Waals surface area contributed by atoms with Crippen molar-refractivity contribution in [2.24, 2.45) is 5.92 Å². The average molecular weight is 524 g/mol. The third-order valence-electron chi connectivity index (χ3n) is 6.44. The predicted molar refractivity (Wildman–Crippen MR) is 155 cm³/mol. The Bertz CT molecular complexity index is 1060. The lowest BCUT2D eigenvalue weighted by molar-refractivity contribution is -0.154. The standard InChI is InChI=1S/C33H49NO4/c1-29(2,3)38-30(4,5)20-27(33(10,11)35)22-36-31(6,7)23-32(8,9)37-28-18-16-26(17-19-28)25-14-12-24(21-34)13-15-25/h12-19,27,35H,20,22-23H2,1-11H3. The quantitative estimate of drug-likeness (QED) is 0.306. The second kappa shape index (κ2) is 11.8. The van der Waals surface area contributed by atoms with Gasteiger partial charge in [-0.15, -0.1) is 0 Å². The first-order chi connectivity index (χ1) is 17.2. The van der Waals surface area contributed by atoms with E-state index in [1.54, 1.807) is 0 Å². The van der Waals surface area contributed by atoms with Gasteiger partial charge in [0.1, 0.15) is 11.4 Å². The molecule has 0 saturated heterocycles. The normalized spacial score (nSPS) is 14.2. The highest BCUT2D eigenvalue weighted by Crippen LogP contribution is 2.35. The summed E-state index contributed by atoms with van der Waals surface area (Å²) in [6.07, 6.45) is 1.34. The van der Waals surface area contributed by atoms with Crippen LogP contribution in [-0.2, 0) is 9.47 Å². The van der Waals surface area contributed by atoms with E-state index in [-0.39, 0.29) is 11.5 Å². The van der Waals surface area contributed by atoms with Gasteiger partial charge in [-0.3, -0.25) is 0 Å². The van der Waals surface area contributed by atoms with Crippen LogP contribution in [0.5, 0.6) is 5.75 Å². The minimum absolute atomic E-state index is 0.0991. The van der Waals surface area contributed by atoms with Crippen molar-refractivity contribution >= 4 is 0 Å². The highest BCUT2D eigenvalue weighted by molar-refractivity contribution is 5.65. The SMILES string of the molecule is CC(C)(C)OC(C)(C)CC(COC(C)(C)CC(C)(C)Oc1ccc(-c2ccc(C#N)cc2)cc1)C(C)(C)O. The lowest BCUT2D eigenvalue weighted by Gasteiger charge is -2.41. The van der Waals surface area contributed by atoms with E-state index in [0.29, 0.717) is 25.0 Å². The number of nitrogens with zero attached hydrogens (tertiary/aromatic N) is 1. The third kappa shape index (κ3) is 10.8. The van der Waals surface area contributed by atoms with Gasteiger partial charge >= 0.3 is 0 Å². The maximum Gasteiger partial charge on any atom is 0.120 e. The highest BCUT2D eigenvalue weighted by atomic mass is 16.5. The van der Waals surface area contributed by atoms with E-state index >= 15 is 0 Å². The number of aliphatic hydroxyl groups is 1. The van der Waals surface area contributed by atoms with Crippen LogP contribution < -0.4 is 4.74 Å². The first-order valence-electron chi connectivity index (χ1n) is 13.6. The number of ether oxygens (including phenoxy) is 3. The first kappa shape index (κ1) is 31.8. The summed E-state index contributed by atoms with van der Waals surface area (Å²) in [6, 6.07) is 17.7. The largest absolute Gasteiger partial charge is 0.488 e. The molecular weight excluding hydrogens is 474 g/mol. The molecule has 0 heterocycles. The van der Waals surface area contributed by atoms with Gasteiger partial charge in [-0.05, 0) is 118 Å². The number of hydrogen-bond acceptors (Lipinski definition) is 5. The molecule has 0 amide bonds. The Morgan fingerprint density at radius 3 is 1.68 bits per heavy atom. The summed E-state index contributed by atoms with van der Waals surface area (Å²) in [7, 11) is 0. The minimum Gasteiger partial charge on any atom is -0.488 e. The molecule has 210 valence electrons. The molecule has 0 radical (unpaired) electrons. The van der Waals surface area contributed by atoms with Gasteiger partial charge in [-0.1, -0.05) is 24.3 Å². The van der Waals surface area contributed by atoms with E-state index in [2.05, 4.69) is 68.4 Å². The third-order valence-corrected chi connectivity index (χ3v) is 6.44. The summed E-state index contributed by atoms with van der Waals surface area (Å²) in [5.74, 6) is 0.691. The van der Waals surface area contributed by atoms with Crippen LogP contribution in [0.2, 0.25) is 0 Å². The maximum atomic E-state index is 10.9. The molecule has 2 rings (SSSR count). The van der Waals surface area contributed by atoms with E-state index in [9.17, 15) is 5.11 Å². The zero-order chi connectivity index (χ0) is 29.0. The number of rotatable bonds is 12. The smallest absolute Gasteiger partial charge is 0.120 e. The van der Waals surface area contributed by atoms with Crippen LogP contribution in [0.4, 0.5) is 0 Å². The Balaban J connectivity index is 2.03. The number of hydrogen-bond donors (Lipinski definition) is 1. The first-order valence-corrected chi connectivity index (χ1v) is 13.6. The molecule has 1 N–H and O–H groups in total. The summed E-state index contributed by atoms with van der Waals surface area (Å²) in [4.78, 5) is 0. The summed E-state index contributed by atoms with van der Waals surface area (Å²) < 4.78 is 19.1. The van der Waals surface area contributed by atoms with Crippen molar-refractivity contribution in [1.29, 1.82) is 5.26 Å². The van der Waals surface area contributed by atoms with E-state index in [4.69, 9.17) is 19.5 Å². The maximum absolute atomic E-state index is 10.9. The molecule has 5 heteroatoms. The fourth-order valence-corrected chi connectivity index (χ4v) is 5.19. The molecule has 0 aliphatic rings. The highest BCUT2D eigenvalue weighted by Gasteiger charge is 2.38. The van der Waals surface area contributed by atoms with Crippen molar-refractivity contribution in [2.75, 3.05) is 6.61 Å². The van der Waals surface area contributed by atoms with E-state index in [0.717, 1.165) is 16.9 Å². The predicted octanol–water partition coefficient (Wildman–Crippen LogP) is 7.94. The van der Waals surface area contributed by atoms with Gasteiger partial charge in [0.15, 0.2) is 0 Å². The molecule has 0 bridgehead atoms. The van der Waals surface area contributed by atoms with Crippen LogP contribution >= 0.6 is 0 Å². The Morgan fingerprint density at radius 2 is 1.24 bits per heavy atom. The van der Waals surface area contributed by atoms with Crippen LogP contribution in [0.15, 0.2) is 48.5 Å². The number of nitriles is 1. The van der Waals surface area contributed by atoms with Crippen LogP contribution in [0, 0.1) is 17.2 Å². The van der Waals surface area contributed by atoms with Crippen LogP contribution in [0.3, 0.4) is 0 Å². The molecule has 38 heavy (non-hydrogen) atoms. The minimum atomic E-state index is -0.905. The topological polar surface area (TPSA) is 71.7 Å². The molecule has 2 aromatic carbocycles. The van der Waals surface area contributed by atoms with Crippen molar-refractivity contribution in [1.82, 2.24) is 0 Å². The van der Waals surface area contributed by atoms with Crippen molar-refractivity contribution in [2.45, 2.75) is 117 Å². The van der Waals surface area contributed by atoms with Crippen LogP contribution in [0.25, 0.3) is 11.1 Å². The van der Waals surface area contributed by atoms with Crippen molar-refractivity contribution in [3.8, 4) is 22.9 Å². The average Bonchev–Trinajstić information content (AvgIpc) is 2.74. The molecule has 2 aromatic rings. The summed E-state index contributed by atoms with van der Waals surface area (Å²) in [6.45, 7) is 22.7. The van der Waals surface area contributed by atoms with Crippen molar-refractivity contribution in [3.05, 3.63) is 54.1 Å². The zero-order valence-electron chi connectivity index (χ0n) is 25.4. The van der Waals surface area contributed by atoms with E-state index in [1.807, 2.05) is 62.4 Å². The molecule has 5 nitrogen and oxygen atoms in total. The van der Waals surface area contributed by atoms with Gasteiger partial charge in [-0.2, -0.15) is 5.26 Å². The van der Waals surface area contributed by atoms with E-state index < -0.39 is 22.4 Å². The van der Waals surface area contributed by atoms with Crippen LogP contribution in [-0.4, -0.2) is 39.7 Å². The Hall–Kier alpha value is -2.39. The Morgan fingerprint density at radius 1 is 0.737 bits per heavy atom. The Labute approximate surface area is 231 Å². The zero-order valence-corrected chi connectivity index (χ0v) is 25.4. The monoisotopic (exact) mass is 523 g/mol. The lowest BCUT2D eigenvalue weighted by atomic mass is 9.82.